The molecular formula is C22H22ClF3N4O2. The van der Waals surface area contributed by atoms with Crippen LogP contribution in [0.5, 0.6) is 5.75 Å². The number of halogens is 4. The lowest BCUT2D eigenvalue weighted by Gasteiger charge is -2.36. The van der Waals surface area contributed by atoms with E-state index in [1.165, 1.54) is 12.1 Å². The molecule has 0 saturated carbocycles. The fraction of sp³-hybridized carbons (Fsp3) is 0.364. The minimum Gasteiger partial charge on any atom is -0.419 e. The molecule has 3 aromatic rings. The Hall–Kier alpha value is -2.62. The second-order valence-corrected chi connectivity index (χ2v) is 8.07. The van der Waals surface area contributed by atoms with Crippen LogP contribution in [-0.2, 0) is 6.54 Å². The van der Waals surface area contributed by atoms with Gasteiger partial charge < -0.3 is 9.15 Å². The van der Waals surface area contributed by atoms with Crippen LogP contribution in [0.1, 0.15) is 24.4 Å². The Morgan fingerprint density at radius 2 is 1.78 bits per heavy atom. The summed E-state index contributed by atoms with van der Waals surface area (Å²) < 4.78 is 46.7. The van der Waals surface area contributed by atoms with Crippen molar-refractivity contribution in [3.8, 4) is 17.2 Å². The number of alkyl halides is 3. The molecular weight excluding hydrogens is 445 g/mol. The fourth-order valence-electron chi connectivity index (χ4n) is 3.66. The SMILES string of the molecule is CC(c1nnc(-c2cccc(Cl)c2)o1)N1CCN(Cc2ccc(OC(F)(F)F)cc2)CC1. The van der Waals surface area contributed by atoms with Gasteiger partial charge in [0.2, 0.25) is 11.8 Å². The van der Waals surface area contributed by atoms with Gasteiger partial charge in [0, 0.05) is 43.3 Å². The third-order valence-electron chi connectivity index (χ3n) is 5.39. The smallest absolute Gasteiger partial charge is 0.419 e. The van der Waals surface area contributed by atoms with Crippen molar-refractivity contribution >= 4 is 11.6 Å². The van der Waals surface area contributed by atoms with Crippen LogP contribution in [0.25, 0.3) is 11.5 Å². The van der Waals surface area contributed by atoms with E-state index in [1.54, 1.807) is 24.3 Å². The molecule has 6 nitrogen and oxygen atoms in total. The lowest BCUT2D eigenvalue weighted by atomic mass is 10.1. The van der Waals surface area contributed by atoms with E-state index in [2.05, 4.69) is 24.7 Å². The lowest BCUT2D eigenvalue weighted by molar-refractivity contribution is -0.274. The Labute approximate surface area is 188 Å². The van der Waals surface area contributed by atoms with Crippen molar-refractivity contribution in [3.05, 3.63) is 65.0 Å². The Kier molecular flexibility index (Phi) is 6.68. The van der Waals surface area contributed by atoms with Crippen molar-refractivity contribution in [2.24, 2.45) is 0 Å². The molecule has 0 spiro atoms. The van der Waals surface area contributed by atoms with Gasteiger partial charge in [-0.25, -0.2) is 0 Å². The van der Waals surface area contributed by atoms with E-state index in [0.29, 0.717) is 23.3 Å². The highest BCUT2D eigenvalue weighted by Gasteiger charge is 2.31. The van der Waals surface area contributed by atoms with Gasteiger partial charge in [-0.15, -0.1) is 23.4 Å². The van der Waals surface area contributed by atoms with Gasteiger partial charge in [0.15, 0.2) is 0 Å². The Morgan fingerprint density at radius 3 is 2.44 bits per heavy atom. The topological polar surface area (TPSA) is 54.6 Å². The second kappa shape index (κ2) is 9.48. The molecule has 0 N–H and O–H groups in total. The molecule has 1 unspecified atom stereocenters. The molecule has 170 valence electrons. The van der Waals surface area contributed by atoms with Gasteiger partial charge in [0.05, 0.1) is 6.04 Å². The molecule has 32 heavy (non-hydrogen) atoms. The summed E-state index contributed by atoms with van der Waals surface area (Å²) in [5, 5.41) is 8.97. The quantitative estimate of drug-likeness (QED) is 0.499. The second-order valence-electron chi connectivity index (χ2n) is 7.64. The maximum atomic E-state index is 12.3. The molecule has 4 rings (SSSR count). The Balaban J connectivity index is 1.30. The highest BCUT2D eigenvalue weighted by atomic mass is 35.5. The summed E-state index contributed by atoms with van der Waals surface area (Å²) in [4.78, 5) is 4.53. The first-order valence-electron chi connectivity index (χ1n) is 10.2. The molecule has 10 heteroatoms. The zero-order valence-corrected chi connectivity index (χ0v) is 18.1. The normalized spacial score (nSPS) is 16.8. The third-order valence-corrected chi connectivity index (χ3v) is 5.62. The molecule has 1 aromatic heterocycles. The standard InChI is InChI=1S/C22H22ClF3N4O2/c1-15(20-27-28-21(31-20)17-3-2-4-18(23)13-17)30-11-9-29(10-12-30)14-16-5-7-19(8-6-16)32-22(24,25)26/h2-8,13,15H,9-12,14H2,1H3. The van der Waals surface area contributed by atoms with Gasteiger partial charge in [-0.05, 0) is 42.8 Å². The zero-order chi connectivity index (χ0) is 22.7. The van der Waals surface area contributed by atoms with Gasteiger partial charge in [-0.2, -0.15) is 0 Å². The molecule has 1 atom stereocenters. The monoisotopic (exact) mass is 466 g/mol. The molecule has 1 aliphatic rings. The van der Waals surface area contributed by atoms with Gasteiger partial charge in [-0.3, -0.25) is 9.80 Å². The summed E-state index contributed by atoms with van der Waals surface area (Å²) in [6.45, 7) is 5.95. The number of ether oxygens (including phenoxy) is 1. The van der Waals surface area contributed by atoms with E-state index in [1.807, 2.05) is 19.1 Å². The van der Waals surface area contributed by atoms with Crippen LogP contribution in [-0.4, -0.2) is 52.5 Å². The Bertz CT molecular complexity index is 1030. The van der Waals surface area contributed by atoms with Crippen molar-refractivity contribution in [3.63, 3.8) is 0 Å². The van der Waals surface area contributed by atoms with E-state index in [9.17, 15) is 13.2 Å². The number of hydrogen-bond donors (Lipinski definition) is 0. The van der Waals surface area contributed by atoms with Crippen LogP contribution in [0.4, 0.5) is 13.2 Å². The van der Waals surface area contributed by atoms with Crippen molar-refractivity contribution in [1.29, 1.82) is 0 Å². The highest BCUT2D eigenvalue weighted by Crippen LogP contribution is 2.27. The Morgan fingerprint density at radius 1 is 1.06 bits per heavy atom. The first-order valence-corrected chi connectivity index (χ1v) is 10.5. The molecule has 2 heterocycles. The summed E-state index contributed by atoms with van der Waals surface area (Å²) in [6, 6.07) is 13.2. The van der Waals surface area contributed by atoms with Gasteiger partial charge in [0.25, 0.3) is 0 Å². The van der Waals surface area contributed by atoms with Crippen molar-refractivity contribution in [2.75, 3.05) is 26.2 Å². The van der Waals surface area contributed by atoms with Crippen LogP contribution >= 0.6 is 11.6 Å². The maximum absolute atomic E-state index is 12.3. The first kappa shape index (κ1) is 22.6. The molecule has 0 aliphatic carbocycles. The van der Waals surface area contributed by atoms with Crippen molar-refractivity contribution in [1.82, 2.24) is 20.0 Å². The minimum atomic E-state index is -4.68. The number of aromatic nitrogens is 2. The summed E-state index contributed by atoms with van der Waals surface area (Å²) in [5.41, 5.74) is 1.71. The van der Waals surface area contributed by atoms with Crippen molar-refractivity contribution in [2.45, 2.75) is 25.9 Å². The minimum absolute atomic E-state index is 0.0311. The lowest BCUT2D eigenvalue weighted by Crippen LogP contribution is -2.46. The largest absolute Gasteiger partial charge is 0.573 e. The van der Waals surface area contributed by atoms with Gasteiger partial charge in [0.1, 0.15) is 5.75 Å². The number of piperazine rings is 1. The van der Waals surface area contributed by atoms with Crippen LogP contribution < -0.4 is 4.74 Å². The van der Waals surface area contributed by atoms with Gasteiger partial charge >= 0.3 is 6.36 Å². The molecule has 1 saturated heterocycles. The maximum Gasteiger partial charge on any atom is 0.573 e. The predicted molar refractivity (Wildman–Crippen MR) is 113 cm³/mol. The van der Waals surface area contributed by atoms with E-state index < -0.39 is 6.36 Å². The van der Waals surface area contributed by atoms with E-state index in [0.717, 1.165) is 37.3 Å². The van der Waals surface area contributed by atoms with Crippen molar-refractivity contribution < 1.29 is 22.3 Å². The average Bonchev–Trinajstić information content (AvgIpc) is 3.25. The number of hydrogen-bond acceptors (Lipinski definition) is 6. The number of rotatable bonds is 6. The highest BCUT2D eigenvalue weighted by molar-refractivity contribution is 6.30. The first-order chi connectivity index (χ1) is 15.3. The summed E-state index contributed by atoms with van der Waals surface area (Å²) in [6.07, 6.45) is -4.68. The number of nitrogens with zero attached hydrogens (tertiary/aromatic N) is 4. The summed E-state index contributed by atoms with van der Waals surface area (Å²) in [7, 11) is 0. The molecule has 0 bridgehead atoms. The van der Waals surface area contributed by atoms with E-state index in [-0.39, 0.29) is 11.8 Å². The number of benzene rings is 2. The summed E-state index contributed by atoms with van der Waals surface area (Å²) in [5.74, 6) is 0.774. The van der Waals surface area contributed by atoms with E-state index >= 15 is 0 Å². The van der Waals surface area contributed by atoms with Crippen LogP contribution in [0, 0.1) is 0 Å². The molecule has 0 amide bonds. The van der Waals surface area contributed by atoms with Crippen LogP contribution in [0.15, 0.2) is 52.9 Å². The third kappa shape index (κ3) is 5.79. The van der Waals surface area contributed by atoms with Gasteiger partial charge in [-0.1, -0.05) is 29.8 Å². The summed E-state index contributed by atoms with van der Waals surface area (Å²) >= 11 is 6.04. The molecule has 1 fully saturated rings. The van der Waals surface area contributed by atoms with Crippen LogP contribution in [0.3, 0.4) is 0 Å². The van der Waals surface area contributed by atoms with E-state index in [4.69, 9.17) is 16.0 Å². The zero-order valence-electron chi connectivity index (χ0n) is 17.3. The van der Waals surface area contributed by atoms with Crippen LogP contribution in [0.2, 0.25) is 5.02 Å². The molecule has 2 aromatic carbocycles. The average molecular weight is 467 g/mol. The molecule has 1 aliphatic heterocycles. The predicted octanol–water partition coefficient (Wildman–Crippen LogP) is 5.17. The molecule has 0 radical (unpaired) electrons. The fourth-order valence-corrected chi connectivity index (χ4v) is 3.85.